The van der Waals surface area contributed by atoms with Crippen molar-refractivity contribution in [3.8, 4) is 0 Å². The van der Waals surface area contributed by atoms with Gasteiger partial charge in [0.1, 0.15) is 0 Å². The number of benzene rings is 1. The highest BCUT2D eigenvalue weighted by atomic mass is 16.4. The van der Waals surface area contributed by atoms with Gasteiger partial charge >= 0.3 is 11.9 Å². The van der Waals surface area contributed by atoms with Gasteiger partial charge in [-0.1, -0.05) is 0 Å². The third-order valence-electron chi connectivity index (χ3n) is 2.72. The number of imide groups is 1. The van der Waals surface area contributed by atoms with Crippen molar-refractivity contribution in [1.29, 1.82) is 0 Å². The summed E-state index contributed by atoms with van der Waals surface area (Å²) in [6.45, 7) is 0. The smallest absolute Gasteiger partial charge is 0.335 e. The average Bonchev–Trinajstić information content (AvgIpc) is 2.68. The molecule has 1 saturated heterocycles. The zero-order valence-corrected chi connectivity index (χ0v) is 9.62. The number of carboxylic acid groups (broad SMARTS) is 2. The molecule has 0 saturated carbocycles. The van der Waals surface area contributed by atoms with Crippen LogP contribution in [0, 0.1) is 0 Å². The normalized spacial score (nSPS) is 14.8. The fourth-order valence-corrected chi connectivity index (χ4v) is 1.85. The maximum Gasteiger partial charge on any atom is 0.335 e. The van der Waals surface area contributed by atoms with E-state index < -0.39 is 23.8 Å². The molecule has 2 amide bonds. The van der Waals surface area contributed by atoms with Crippen LogP contribution >= 0.6 is 0 Å². The molecule has 1 aromatic rings. The number of carbonyl (C=O) groups excluding carboxylic acids is 2. The standard InChI is InChI=1S/C12H9NO6/c14-9-1-2-10(15)13(9)8-4-6(11(16)17)3-7(5-8)12(18)19/h3-5H,1-2H2,(H,16,17)(H,18,19). The molecule has 0 aliphatic carbocycles. The van der Waals surface area contributed by atoms with Crippen LogP contribution in [0.2, 0.25) is 0 Å². The molecule has 2 rings (SSSR count). The Bertz CT molecular complexity index is 558. The van der Waals surface area contributed by atoms with E-state index in [1.807, 2.05) is 0 Å². The van der Waals surface area contributed by atoms with E-state index in [0.29, 0.717) is 0 Å². The first kappa shape index (κ1) is 12.7. The Morgan fingerprint density at radius 3 is 1.68 bits per heavy atom. The molecule has 1 aliphatic rings. The summed E-state index contributed by atoms with van der Waals surface area (Å²) in [6.07, 6.45) is 0.0804. The summed E-state index contributed by atoms with van der Waals surface area (Å²) in [6, 6.07) is 3.19. The van der Waals surface area contributed by atoms with Gasteiger partial charge in [-0.15, -0.1) is 0 Å². The van der Waals surface area contributed by atoms with Gasteiger partial charge in [-0.2, -0.15) is 0 Å². The second kappa shape index (κ2) is 4.52. The first-order valence-electron chi connectivity index (χ1n) is 5.37. The molecule has 0 unspecified atom stereocenters. The minimum absolute atomic E-state index is 0.0233. The van der Waals surface area contributed by atoms with Gasteiger partial charge < -0.3 is 10.2 Å². The van der Waals surface area contributed by atoms with Gasteiger partial charge in [-0.05, 0) is 18.2 Å². The molecule has 7 heteroatoms. The van der Waals surface area contributed by atoms with Crippen molar-refractivity contribution in [1.82, 2.24) is 0 Å². The Hall–Kier alpha value is -2.70. The molecule has 19 heavy (non-hydrogen) atoms. The molecule has 1 fully saturated rings. The van der Waals surface area contributed by atoms with Crippen LogP contribution in [0.25, 0.3) is 0 Å². The largest absolute Gasteiger partial charge is 0.478 e. The average molecular weight is 263 g/mol. The van der Waals surface area contributed by atoms with Gasteiger partial charge in [0.15, 0.2) is 0 Å². The topological polar surface area (TPSA) is 112 Å². The van der Waals surface area contributed by atoms with E-state index in [9.17, 15) is 19.2 Å². The number of aromatic carboxylic acids is 2. The van der Waals surface area contributed by atoms with Gasteiger partial charge in [0.2, 0.25) is 11.8 Å². The Kier molecular flexibility index (Phi) is 3.04. The van der Waals surface area contributed by atoms with Crippen molar-refractivity contribution in [2.45, 2.75) is 12.8 Å². The number of anilines is 1. The van der Waals surface area contributed by atoms with Crippen LogP contribution in [0.4, 0.5) is 5.69 Å². The summed E-state index contributed by atoms with van der Waals surface area (Å²) in [5.74, 6) is -3.60. The van der Waals surface area contributed by atoms with Gasteiger partial charge in [0, 0.05) is 12.8 Å². The molecule has 1 aromatic carbocycles. The molecular weight excluding hydrogens is 254 g/mol. The SMILES string of the molecule is O=C(O)c1cc(C(=O)O)cc(N2C(=O)CCC2=O)c1. The lowest BCUT2D eigenvalue weighted by atomic mass is 10.1. The zero-order valence-electron chi connectivity index (χ0n) is 9.62. The number of carbonyl (C=O) groups is 4. The van der Waals surface area contributed by atoms with E-state index in [4.69, 9.17) is 10.2 Å². The lowest BCUT2D eigenvalue weighted by Crippen LogP contribution is -2.29. The van der Waals surface area contributed by atoms with E-state index in [1.165, 1.54) is 0 Å². The number of hydrogen-bond acceptors (Lipinski definition) is 4. The predicted octanol–water partition coefficient (Wildman–Crippen LogP) is 0.736. The Morgan fingerprint density at radius 1 is 0.895 bits per heavy atom. The first-order valence-corrected chi connectivity index (χ1v) is 5.37. The maximum atomic E-state index is 11.6. The van der Waals surface area contributed by atoms with Crippen molar-refractivity contribution in [3.63, 3.8) is 0 Å². The molecule has 1 aliphatic heterocycles. The molecular formula is C12H9NO6. The van der Waals surface area contributed by atoms with Gasteiger partial charge in [-0.25, -0.2) is 9.59 Å². The minimum Gasteiger partial charge on any atom is -0.478 e. The summed E-state index contributed by atoms with van der Waals surface area (Å²) >= 11 is 0. The third kappa shape index (κ3) is 2.30. The number of rotatable bonds is 3. The highest BCUT2D eigenvalue weighted by molar-refractivity contribution is 6.20. The summed E-state index contributed by atoms with van der Waals surface area (Å²) in [7, 11) is 0. The second-order valence-corrected chi connectivity index (χ2v) is 4.00. The highest BCUT2D eigenvalue weighted by Gasteiger charge is 2.31. The van der Waals surface area contributed by atoms with Crippen LogP contribution in [0.1, 0.15) is 33.6 Å². The molecule has 98 valence electrons. The molecule has 0 bridgehead atoms. The van der Waals surface area contributed by atoms with Crippen molar-refractivity contribution < 1.29 is 29.4 Å². The monoisotopic (exact) mass is 263 g/mol. The van der Waals surface area contributed by atoms with Crippen LogP contribution in [-0.2, 0) is 9.59 Å². The van der Waals surface area contributed by atoms with Gasteiger partial charge in [-0.3, -0.25) is 14.5 Å². The highest BCUT2D eigenvalue weighted by Crippen LogP contribution is 2.25. The van der Waals surface area contributed by atoms with Gasteiger partial charge in [0.25, 0.3) is 0 Å². The zero-order chi connectivity index (χ0) is 14.2. The van der Waals surface area contributed by atoms with Gasteiger partial charge in [0.05, 0.1) is 16.8 Å². The fraction of sp³-hybridized carbons (Fsp3) is 0.167. The lowest BCUT2D eigenvalue weighted by molar-refractivity contribution is -0.121. The second-order valence-electron chi connectivity index (χ2n) is 4.00. The summed E-state index contributed by atoms with van der Waals surface area (Å²) < 4.78 is 0. The van der Waals surface area contributed by atoms with Crippen molar-refractivity contribution >= 4 is 29.4 Å². The summed E-state index contributed by atoms with van der Waals surface area (Å²) in [4.78, 5) is 45.8. The Labute approximate surface area is 107 Å². The fourth-order valence-electron chi connectivity index (χ4n) is 1.85. The van der Waals surface area contributed by atoms with Crippen LogP contribution < -0.4 is 4.90 Å². The van der Waals surface area contributed by atoms with E-state index in [1.54, 1.807) is 0 Å². The Morgan fingerprint density at radius 2 is 1.32 bits per heavy atom. The molecule has 0 radical (unpaired) electrons. The molecule has 0 aromatic heterocycles. The predicted molar refractivity (Wildman–Crippen MR) is 62.1 cm³/mol. The molecule has 2 N–H and O–H groups in total. The minimum atomic E-state index is -1.33. The number of amides is 2. The molecule has 0 spiro atoms. The lowest BCUT2D eigenvalue weighted by Gasteiger charge is -2.15. The molecule has 0 atom stereocenters. The van der Waals surface area contributed by atoms with E-state index in [0.717, 1.165) is 23.1 Å². The quantitative estimate of drug-likeness (QED) is 0.777. The van der Waals surface area contributed by atoms with Crippen LogP contribution in [0.15, 0.2) is 18.2 Å². The van der Waals surface area contributed by atoms with Crippen molar-refractivity contribution in [2.24, 2.45) is 0 Å². The third-order valence-corrected chi connectivity index (χ3v) is 2.72. The van der Waals surface area contributed by atoms with E-state index >= 15 is 0 Å². The number of nitrogens with zero attached hydrogens (tertiary/aromatic N) is 1. The number of hydrogen-bond donors (Lipinski definition) is 2. The van der Waals surface area contributed by atoms with Crippen LogP contribution in [-0.4, -0.2) is 34.0 Å². The molecule has 7 nitrogen and oxygen atoms in total. The van der Waals surface area contributed by atoms with Crippen molar-refractivity contribution in [2.75, 3.05) is 4.90 Å². The Balaban J connectivity index is 2.56. The maximum absolute atomic E-state index is 11.6. The van der Waals surface area contributed by atoms with Crippen LogP contribution in [0.3, 0.4) is 0 Å². The van der Waals surface area contributed by atoms with E-state index in [-0.39, 0.29) is 29.7 Å². The van der Waals surface area contributed by atoms with Crippen LogP contribution in [0.5, 0.6) is 0 Å². The van der Waals surface area contributed by atoms with Crippen molar-refractivity contribution in [3.05, 3.63) is 29.3 Å². The van der Waals surface area contributed by atoms with E-state index in [2.05, 4.69) is 0 Å². The number of carboxylic acids is 2. The summed E-state index contributed by atoms with van der Waals surface area (Å²) in [5.41, 5.74) is -0.602. The summed E-state index contributed by atoms with van der Waals surface area (Å²) in [5, 5.41) is 17.8. The molecule has 1 heterocycles. The first-order chi connectivity index (χ1) is 8.90.